The maximum atomic E-state index is 12.8. The zero-order chi connectivity index (χ0) is 20.0. The topological polar surface area (TPSA) is 105 Å². The van der Waals surface area contributed by atoms with Crippen molar-refractivity contribution in [2.24, 2.45) is 0 Å². The zero-order valence-electron chi connectivity index (χ0n) is 15.4. The highest BCUT2D eigenvalue weighted by Gasteiger charge is 2.23. The van der Waals surface area contributed by atoms with E-state index in [1.807, 2.05) is 30.3 Å². The summed E-state index contributed by atoms with van der Waals surface area (Å²) < 4.78 is 33.6. The fourth-order valence-electron chi connectivity index (χ4n) is 3.10. The van der Waals surface area contributed by atoms with Gasteiger partial charge in [-0.25, -0.2) is 17.9 Å². The molecule has 0 unspecified atom stereocenters. The molecule has 3 N–H and O–H groups in total. The van der Waals surface area contributed by atoms with E-state index in [-0.39, 0.29) is 23.1 Å². The van der Waals surface area contributed by atoms with Crippen molar-refractivity contribution < 1.29 is 23.1 Å². The molecule has 8 heteroatoms. The molecule has 0 spiro atoms. The molecule has 7 nitrogen and oxygen atoms in total. The summed E-state index contributed by atoms with van der Waals surface area (Å²) in [6, 6.07) is 13.9. The van der Waals surface area contributed by atoms with Crippen LogP contribution in [0.4, 0.5) is 5.69 Å². The lowest BCUT2D eigenvalue weighted by molar-refractivity contribution is 0.0696. The first-order chi connectivity index (χ1) is 13.5. The molecule has 1 heterocycles. The number of nitrogens with one attached hydrogen (secondary N) is 2. The molecule has 1 aliphatic heterocycles. The zero-order valence-corrected chi connectivity index (χ0v) is 16.2. The van der Waals surface area contributed by atoms with Crippen molar-refractivity contribution in [2.45, 2.75) is 30.3 Å². The Morgan fingerprint density at radius 2 is 1.96 bits per heavy atom. The molecule has 0 radical (unpaired) electrons. The summed E-state index contributed by atoms with van der Waals surface area (Å²) >= 11 is 0. The highest BCUT2D eigenvalue weighted by Crippen LogP contribution is 2.23. The quantitative estimate of drug-likeness (QED) is 0.593. The van der Waals surface area contributed by atoms with E-state index < -0.39 is 16.0 Å². The van der Waals surface area contributed by atoms with E-state index in [1.54, 1.807) is 0 Å². The third-order valence-corrected chi connectivity index (χ3v) is 6.08. The van der Waals surface area contributed by atoms with Gasteiger partial charge in [0.2, 0.25) is 10.0 Å². The molecule has 0 aliphatic carbocycles. The van der Waals surface area contributed by atoms with Crippen molar-refractivity contribution in [3.8, 4) is 0 Å². The van der Waals surface area contributed by atoms with Gasteiger partial charge >= 0.3 is 5.97 Å². The summed E-state index contributed by atoms with van der Waals surface area (Å²) in [6.45, 7) is 1.32. The number of benzene rings is 2. The fraction of sp³-hybridized carbons (Fsp3) is 0.350. The van der Waals surface area contributed by atoms with Crippen molar-refractivity contribution in [1.29, 1.82) is 0 Å². The van der Waals surface area contributed by atoms with Gasteiger partial charge in [0.15, 0.2) is 0 Å². The van der Waals surface area contributed by atoms with Crippen LogP contribution in [0.1, 0.15) is 28.8 Å². The van der Waals surface area contributed by atoms with E-state index >= 15 is 0 Å². The summed E-state index contributed by atoms with van der Waals surface area (Å²) in [5.41, 5.74) is 1.42. The van der Waals surface area contributed by atoms with Crippen LogP contribution in [0.3, 0.4) is 0 Å². The second-order valence-corrected chi connectivity index (χ2v) is 8.40. The number of carbonyl (C=O) groups is 1. The second kappa shape index (κ2) is 9.18. The summed E-state index contributed by atoms with van der Waals surface area (Å²) in [5.74, 6) is -1.17. The molecule has 0 bridgehead atoms. The van der Waals surface area contributed by atoms with Crippen LogP contribution in [0, 0.1) is 0 Å². The van der Waals surface area contributed by atoms with Crippen LogP contribution >= 0.6 is 0 Å². The Labute approximate surface area is 164 Å². The number of hydrogen-bond donors (Lipinski definition) is 3. The summed E-state index contributed by atoms with van der Waals surface area (Å²) in [7, 11) is -3.89. The number of hydrogen-bond acceptors (Lipinski definition) is 5. The maximum absolute atomic E-state index is 12.8. The van der Waals surface area contributed by atoms with E-state index in [0.717, 1.165) is 18.4 Å². The number of carboxylic acids is 1. The second-order valence-electron chi connectivity index (χ2n) is 6.67. The van der Waals surface area contributed by atoms with Gasteiger partial charge in [-0.3, -0.25) is 0 Å². The lowest BCUT2D eigenvalue weighted by Crippen LogP contribution is -2.32. The highest BCUT2D eigenvalue weighted by molar-refractivity contribution is 7.89. The third-order valence-electron chi connectivity index (χ3n) is 4.62. The Morgan fingerprint density at radius 3 is 2.64 bits per heavy atom. The first-order valence-electron chi connectivity index (χ1n) is 9.22. The molecular formula is C20H24N2O5S. The number of anilines is 1. The SMILES string of the molecule is O=C(O)c1ccc(NCCc2ccccc2)c(S(=O)(=O)NC[C@@H]2CCCO2)c1. The minimum atomic E-state index is -3.89. The van der Waals surface area contributed by atoms with Gasteiger partial charge in [0.05, 0.1) is 17.4 Å². The Morgan fingerprint density at radius 1 is 1.18 bits per heavy atom. The molecule has 1 saturated heterocycles. The van der Waals surface area contributed by atoms with Gasteiger partial charge < -0.3 is 15.2 Å². The lowest BCUT2D eigenvalue weighted by Gasteiger charge is -2.16. The van der Waals surface area contributed by atoms with Crippen LogP contribution < -0.4 is 10.0 Å². The number of aromatic carboxylic acids is 1. The molecule has 2 aromatic rings. The number of sulfonamides is 1. The lowest BCUT2D eigenvalue weighted by atomic mass is 10.1. The summed E-state index contributed by atoms with van der Waals surface area (Å²) in [6.07, 6.45) is 2.28. The van der Waals surface area contributed by atoms with Crippen LogP contribution in [0.15, 0.2) is 53.4 Å². The smallest absolute Gasteiger partial charge is 0.335 e. The Kier molecular flexibility index (Phi) is 6.66. The molecule has 1 atom stereocenters. The molecule has 0 saturated carbocycles. The first-order valence-corrected chi connectivity index (χ1v) is 10.7. The first kappa shape index (κ1) is 20.3. The Balaban J connectivity index is 1.75. The summed E-state index contributed by atoms with van der Waals surface area (Å²) in [4.78, 5) is 11.2. The average molecular weight is 404 g/mol. The van der Waals surface area contributed by atoms with Gasteiger partial charge in [0.1, 0.15) is 4.90 Å². The van der Waals surface area contributed by atoms with Crippen molar-refractivity contribution >= 4 is 21.7 Å². The molecule has 150 valence electrons. The Hall–Kier alpha value is -2.42. The van der Waals surface area contributed by atoms with Crippen LogP contribution in [0.2, 0.25) is 0 Å². The van der Waals surface area contributed by atoms with E-state index in [9.17, 15) is 18.3 Å². The van der Waals surface area contributed by atoms with Crippen LogP contribution in [0.5, 0.6) is 0 Å². The normalized spacial score (nSPS) is 16.8. The Bertz CT molecular complexity index is 909. The highest BCUT2D eigenvalue weighted by atomic mass is 32.2. The van der Waals surface area contributed by atoms with Crippen LogP contribution in [-0.4, -0.2) is 45.3 Å². The average Bonchev–Trinajstić information content (AvgIpc) is 3.21. The molecule has 0 aromatic heterocycles. The number of carboxylic acid groups (broad SMARTS) is 1. The third kappa shape index (κ3) is 5.31. The molecular weight excluding hydrogens is 380 g/mol. The van der Waals surface area contributed by atoms with E-state index in [0.29, 0.717) is 25.3 Å². The largest absolute Gasteiger partial charge is 0.478 e. The van der Waals surface area contributed by atoms with Crippen molar-refractivity contribution in [1.82, 2.24) is 4.72 Å². The number of ether oxygens (including phenoxy) is 1. The van der Waals surface area contributed by atoms with Gasteiger partial charge in [0, 0.05) is 19.7 Å². The predicted molar refractivity (Wildman–Crippen MR) is 106 cm³/mol. The molecule has 28 heavy (non-hydrogen) atoms. The molecule has 3 rings (SSSR count). The molecule has 1 fully saturated rings. The minimum Gasteiger partial charge on any atom is -0.478 e. The van der Waals surface area contributed by atoms with E-state index in [1.165, 1.54) is 18.2 Å². The summed E-state index contributed by atoms with van der Waals surface area (Å²) in [5, 5.41) is 12.4. The maximum Gasteiger partial charge on any atom is 0.335 e. The van der Waals surface area contributed by atoms with Gasteiger partial charge in [-0.15, -0.1) is 0 Å². The van der Waals surface area contributed by atoms with Gasteiger partial charge in [0.25, 0.3) is 0 Å². The molecule has 0 amide bonds. The van der Waals surface area contributed by atoms with Crippen LogP contribution in [0.25, 0.3) is 0 Å². The van der Waals surface area contributed by atoms with Gasteiger partial charge in [-0.2, -0.15) is 0 Å². The predicted octanol–water partition coefficient (Wildman–Crippen LogP) is 2.50. The molecule has 1 aliphatic rings. The standard InChI is InChI=1S/C20H24N2O5S/c23-20(24)16-8-9-18(21-11-10-15-5-2-1-3-6-15)19(13-16)28(25,26)22-14-17-7-4-12-27-17/h1-3,5-6,8-9,13,17,21-22H,4,7,10-12,14H2,(H,23,24)/t17-/m0/s1. The van der Waals surface area contributed by atoms with Crippen LogP contribution in [-0.2, 0) is 21.2 Å². The minimum absolute atomic E-state index is 0.0709. The van der Waals surface area contributed by atoms with E-state index in [4.69, 9.17) is 4.74 Å². The van der Waals surface area contributed by atoms with Crippen molar-refractivity contribution in [3.63, 3.8) is 0 Å². The number of rotatable bonds is 9. The monoisotopic (exact) mass is 404 g/mol. The fourth-order valence-corrected chi connectivity index (χ4v) is 4.37. The van der Waals surface area contributed by atoms with E-state index in [2.05, 4.69) is 10.0 Å². The van der Waals surface area contributed by atoms with Crippen molar-refractivity contribution in [3.05, 3.63) is 59.7 Å². The van der Waals surface area contributed by atoms with Gasteiger partial charge in [-0.05, 0) is 43.0 Å². The van der Waals surface area contributed by atoms with Gasteiger partial charge in [-0.1, -0.05) is 30.3 Å². The van der Waals surface area contributed by atoms with Crippen molar-refractivity contribution in [2.75, 3.05) is 25.0 Å². The molecule has 2 aromatic carbocycles.